The van der Waals surface area contributed by atoms with Gasteiger partial charge in [0.15, 0.2) is 0 Å². The van der Waals surface area contributed by atoms with Crippen molar-refractivity contribution in [2.45, 2.75) is 6.42 Å². The number of allylic oxidation sites excluding steroid dienone is 2. The number of carbonyl (C=O) groups is 3. The summed E-state index contributed by atoms with van der Waals surface area (Å²) in [5.41, 5.74) is 1.05. The number of amides is 2. The molecule has 2 amide bonds. The van der Waals surface area contributed by atoms with E-state index in [-0.39, 0.29) is 41.0 Å². The van der Waals surface area contributed by atoms with Crippen molar-refractivity contribution < 1.29 is 24.2 Å². The lowest BCUT2D eigenvalue weighted by molar-refractivity contribution is -0.123. The van der Waals surface area contributed by atoms with Crippen LogP contribution in [0.3, 0.4) is 0 Å². The van der Waals surface area contributed by atoms with E-state index in [4.69, 9.17) is 4.74 Å². The number of nitrogens with zero attached hydrogens (tertiary/aromatic N) is 2. The van der Waals surface area contributed by atoms with Gasteiger partial charge in [0.05, 0.1) is 42.0 Å². The molecule has 1 N–H and O–H groups in total. The Balaban J connectivity index is 1.51. The quantitative estimate of drug-likeness (QED) is 0.643. The van der Waals surface area contributed by atoms with E-state index in [1.807, 2.05) is 17.1 Å². The molecule has 2 heterocycles. The first-order chi connectivity index (χ1) is 13.1. The highest BCUT2D eigenvalue weighted by Crippen LogP contribution is 2.53. The second-order valence-corrected chi connectivity index (χ2v) is 7.62. The molecule has 1 aromatic rings. The summed E-state index contributed by atoms with van der Waals surface area (Å²) in [6.45, 7) is 2.31. The van der Waals surface area contributed by atoms with Gasteiger partial charge in [-0.3, -0.25) is 9.59 Å². The van der Waals surface area contributed by atoms with Crippen LogP contribution >= 0.6 is 0 Å². The molecule has 140 valence electrons. The van der Waals surface area contributed by atoms with Crippen molar-refractivity contribution in [2.75, 3.05) is 36.1 Å². The van der Waals surface area contributed by atoms with E-state index < -0.39 is 5.97 Å². The Morgan fingerprint density at radius 2 is 1.67 bits per heavy atom. The van der Waals surface area contributed by atoms with Gasteiger partial charge in [-0.2, -0.15) is 0 Å². The van der Waals surface area contributed by atoms with Crippen LogP contribution in [0, 0.1) is 23.7 Å². The maximum absolute atomic E-state index is 13.0. The molecule has 1 aromatic carbocycles. The lowest BCUT2D eigenvalue weighted by Gasteiger charge is -2.30. The van der Waals surface area contributed by atoms with Gasteiger partial charge in [0.2, 0.25) is 11.8 Å². The molecule has 5 rings (SSSR count). The summed E-state index contributed by atoms with van der Waals surface area (Å²) in [6.07, 6.45) is 4.96. The van der Waals surface area contributed by atoms with E-state index in [2.05, 4.69) is 0 Å². The fourth-order valence-corrected chi connectivity index (χ4v) is 5.07. The Morgan fingerprint density at radius 3 is 2.26 bits per heavy atom. The van der Waals surface area contributed by atoms with E-state index >= 15 is 0 Å². The minimum absolute atomic E-state index is 0.105. The third kappa shape index (κ3) is 2.34. The summed E-state index contributed by atoms with van der Waals surface area (Å²) in [5, 5.41) is 9.69. The van der Waals surface area contributed by atoms with Crippen LogP contribution in [0.2, 0.25) is 0 Å². The number of rotatable bonds is 3. The van der Waals surface area contributed by atoms with E-state index in [0.717, 1.165) is 6.42 Å². The van der Waals surface area contributed by atoms with Gasteiger partial charge in [-0.25, -0.2) is 9.69 Å². The molecule has 4 atom stereocenters. The van der Waals surface area contributed by atoms with Crippen molar-refractivity contribution in [3.63, 3.8) is 0 Å². The number of imide groups is 1. The Hall–Kier alpha value is -2.67. The monoisotopic (exact) mass is 368 g/mol. The van der Waals surface area contributed by atoms with E-state index in [0.29, 0.717) is 37.7 Å². The van der Waals surface area contributed by atoms with Crippen LogP contribution in [-0.4, -0.2) is 49.2 Å². The van der Waals surface area contributed by atoms with Gasteiger partial charge in [-0.05, 0) is 36.5 Å². The molecule has 2 aliphatic carbocycles. The predicted octanol–water partition coefficient (Wildman–Crippen LogP) is 1.53. The molecule has 2 saturated heterocycles. The van der Waals surface area contributed by atoms with E-state index in [1.54, 1.807) is 12.1 Å². The van der Waals surface area contributed by atoms with Crippen molar-refractivity contribution in [3.8, 4) is 0 Å². The molecule has 0 unspecified atom stereocenters. The standard InChI is InChI=1S/C20H20N2O5/c23-18-16-11-1-2-12(9-11)17(16)19(24)22(18)13-3-4-15(14(10-13)20(25)26)21-5-7-27-8-6-21/h1-4,10-12,16-17H,5-9H2,(H,25,26)/t11-,12-,16+,17+/m1/s1. The highest BCUT2D eigenvalue weighted by molar-refractivity contribution is 6.23. The average Bonchev–Trinajstić information content (AvgIpc) is 3.36. The van der Waals surface area contributed by atoms with Crippen molar-refractivity contribution >= 4 is 29.2 Å². The van der Waals surface area contributed by atoms with Crippen molar-refractivity contribution in [2.24, 2.45) is 23.7 Å². The Kier molecular flexibility index (Phi) is 3.62. The molecule has 7 heteroatoms. The first-order valence-electron chi connectivity index (χ1n) is 9.32. The summed E-state index contributed by atoms with van der Waals surface area (Å²) in [6, 6.07) is 4.84. The molecular formula is C20H20N2O5. The molecule has 7 nitrogen and oxygen atoms in total. The highest BCUT2D eigenvalue weighted by atomic mass is 16.5. The fourth-order valence-electron chi connectivity index (χ4n) is 5.07. The van der Waals surface area contributed by atoms with Gasteiger partial charge >= 0.3 is 5.97 Å². The first-order valence-corrected chi connectivity index (χ1v) is 9.32. The topological polar surface area (TPSA) is 87.2 Å². The largest absolute Gasteiger partial charge is 0.478 e. The van der Waals surface area contributed by atoms with E-state index in [1.165, 1.54) is 11.0 Å². The number of benzene rings is 1. The van der Waals surface area contributed by atoms with Crippen LogP contribution in [0.25, 0.3) is 0 Å². The van der Waals surface area contributed by atoms with Gasteiger partial charge < -0.3 is 14.7 Å². The molecule has 4 aliphatic rings. The summed E-state index contributed by atoms with van der Waals surface area (Å²) in [5.74, 6) is -1.78. The van der Waals surface area contributed by atoms with Crippen LogP contribution in [0.4, 0.5) is 11.4 Å². The summed E-state index contributed by atoms with van der Waals surface area (Å²) >= 11 is 0. The number of fused-ring (bicyclic) bond motifs is 5. The van der Waals surface area contributed by atoms with Gasteiger partial charge in [-0.15, -0.1) is 0 Å². The summed E-state index contributed by atoms with van der Waals surface area (Å²) in [7, 11) is 0. The van der Waals surface area contributed by atoms with Crippen molar-refractivity contribution in [3.05, 3.63) is 35.9 Å². The highest BCUT2D eigenvalue weighted by Gasteiger charge is 2.59. The van der Waals surface area contributed by atoms with Gasteiger partial charge in [0.25, 0.3) is 0 Å². The number of anilines is 2. The third-order valence-electron chi connectivity index (χ3n) is 6.29. The summed E-state index contributed by atoms with van der Waals surface area (Å²) < 4.78 is 5.33. The number of carboxylic acid groups (broad SMARTS) is 1. The predicted molar refractivity (Wildman–Crippen MR) is 96.6 cm³/mol. The Morgan fingerprint density at radius 1 is 1.04 bits per heavy atom. The fraction of sp³-hybridized carbons (Fsp3) is 0.450. The van der Waals surface area contributed by atoms with Crippen LogP contribution in [0.1, 0.15) is 16.8 Å². The molecule has 2 bridgehead atoms. The minimum atomic E-state index is -1.07. The van der Waals surface area contributed by atoms with Crippen LogP contribution < -0.4 is 9.80 Å². The molecular weight excluding hydrogens is 348 g/mol. The van der Waals surface area contributed by atoms with Crippen molar-refractivity contribution in [1.29, 1.82) is 0 Å². The maximum Gasteiger partial charge on any atom is 0.337 e. The number of hydrogen-bond donors (Lipinski definition) is 1. The first kappa shape index (κ1) is 16.5. The van der Waals surface area contributed by atoms with Crippen LogP contribution in [0.15, 0.2) is 30.4 Å². The lowest BCUT2D eigenvalue weighted by atomic mass is 9.85. The SMILES string of the molecule is O=C(O)c1cc(N2C(=O)[C@@H]3[C@@H](C2=O)[C@@H]2C=C[C@@H]3C2)ccc1N1CCOCC1. The number of hydrogen-bond acceptors (Lipinski definition) is 5. The smallest absolute Gasteiger partial charge is 0.337 e. The third-order valence-corrected chi connectivity index (χ3v) is 6.29. The van der Waals surface area contributed by atoms with Crippen LogP contribution in [0.5, 0.6) is 0 Å². The van der Waals surface area contributed by atoms with Gasteiger partial charge in [0, 0.05) is 13.1 Å². The zero-order chi connectivity index (χ0) is 18.7. The normalized spacial score (nSPS) is 31.7. The second-order valence-electron chi connectivity index (χ2n) is 7.62. The number of carbonyl (C=O) groups excluding carboxylic acids is 2. The molecule has 0 aromatic heterocycles. The number of morpholine rings is 1. The number of aromatic carboxylic acids is 1. The van der Waals surface area contributed by atoms with Crippen molar-refractivity contribution in [1.82, 2.24) is 0 Å². The average molecular weight is 368 g/mol. The van der Waals surface area contributed by atoms with Gasteiger partial charge in [-0.1, -0.05) is 12.2 Å². The molecule has 3 fully saturated rings. The lowest BCUT2D eigenvalue weighted by Crippen LogP contribution is -2.37. The Bertz CT molecular complexity index is 843. The van der Waals surface area contributed by atoms with Crippen LogP contribution in [-0.2, 0) is 14.3 Å². The minimum Gasteiger partial charge on any atom is -0.478 e. The molecule has 27 heavy (non-hydrogen) atoms. The second kappa shape index (κ2) is 5.92. The molecule has 1 saturated carbocycles. The molecule has 2 aliphatic heterocycles. The number of ether oxygens (including phenoxy) is 1. The zero-order valence-electron chi connectivity index (χ0n) is 14.7. The zero-order valence-corrected chi connectivity index (χ0v) is 14.7. The molecule has 0 radical (unpaired) electrons. The summed E-state index contributed by atoms with van der Waals surface area (Å²) in [4.78, 5) is 40.9. The van der Waals surface area contributed by atoms with E-state index in [9.17, 15) is 19.5 Å². The van der Waals surface area contributed by atoms with Gasteiger partial charge in [0.1, 0.15) is 0 Å². The Labute approximate surface area is 156 Å². The number of carboxylic acids is 1. The molecule has 0 spiro atoms. The maximum atomic E-state index is 13.0.